The molecular formula is C18H23N7S. The average Bonchev–Trinajstić information content (AvgIpc) is 3.08. The van der Waals surface area contributed by atoms with E-state index in [1.807, 2.05) is 25.4 Å². The smallest absolute Gasteiger partial charge is 0.226 e. The number of pyridine rings is 1. The van der Waals surface area contributed by atoms with E-state index in [2.05, 4.69) is 35.5 Å². The van der Waals surface area contributed by atoms with E-state index >= 15 is 0 Å². The molecule has 0 aliphatic carbocycles. The van der Waals surface area contributed by atoms with Gasteiger partial charge in [-0.3, -0.25) is 4.90 Å². The summed E-state index contributed by atoms with van der Waals surface area (Å²) in [6.45, 7) is 6.99. The molecule has 0 unspecified atom stereocenters. The maximum absolute atomic E-state index is 6.17. The lowest BCUT2D eigenvalue weighted by Crippen LogP contribution is -2.39. The first-order chi connectivity index (χ1) is 12.6. The summed E-state index contributed by atoms with van der Waals surface area (Å²) >= 11 is 1.65. The van der Waals surface area contributed by atoms with Crippen molar-refractivity contribution >= 4 is 34.1 Å². The van der Waals surface area contributed by atoms with Gasteiger partial charge in [0, 0.05) is 36.8 Å². The highest BCUT2D eigenvalue weighted by molar-refractivity contribution is 7.07. The molecule has 26 heavy (non-hydrogen) atoms. The Morgan fingerprint density at radius 3 is 2.77 bits per heavy atom. The molecule has 4 rings (SSSR count). The van der Waals surface area contributed by atoms with Crippen molar-refractivity contribution in [3.63, 3.8) is 0 Å². The molecule has 0 amide bonds. The third kappa shape index (κ3) is 3.61. The van der Waals surface area contributed by atoms with Crippen molar-refractivity contribution in [3.05, 3.63) is 33.9 Å². The zero-order chi connectivity index (χ0) is 18.1. The second kappa shape index (κ2) is 7.13. The largest absolute Gasteiger partial charge is 0.383 e. The van der Waals surface area contributed by atoms with Crippen molar-refractivity contribution in [2.24, 2.45) is 0 Å². The van der Waals surface area contributed by atoms with Gasteiger partial charge in [0.15, 0.2) is 5.65 Å². The summed E-state index contributed by atoms with van der Waals surface area (Å²) in [5, 5.41) is 6.41. The van der Waals surface area contributed by atoms with Gasteiger partial charge in [-0.05, 0) is 38.3 Å². The van der Waals surface area contributed by atoms with Crippen LogP contribution in [0.4, 0.5) is 11.8 Å². The Morgan fingerprint density at radius 1 is 1.23 bits per heavy atom. The Labute approximate surface area is 156 Å². The van der Waals surface area contributed by atoms with E-state index in [4.69, 9.17) is 5.73 Å². The van der Waals surface area contributed by atoms with Crippen molar-refractivity contribution in [1.29, 1.82) is 0 Å². The number of aryl methyl sites for hydroxylation is 2. The van der Waals surface area contributed by atoms with Crippen molar-refractivity contribution in [3.8, 4) is 0 Å². The molecule has 1 fully saturated rings. The lowest BCUT2D eigenvalue weighted by Gasteiger charge is -2.31. The van der Waals surface area contributed by atoms with E-state index in [0.717, 1.165) is 54.8 Å². The number of nitrogens with two attached hydrogens (primary N) is 1. The molecule has 4 heterocycles. The van der Waals surface area contributed by atoms with Crippen LogP contribution in [0.3, 0.4) is 0 Å². The summed E-state index contributed by atoms with van der Waals surface area (Å²) in [4.78, 5) is 20.4. The van der Waals surface area contributed by atoms with Crippen LogP contribution in [0.25, 0.3) is 11.0 Å². The molecule has 3 N–H and O–H groups in total. The summed E-state index contributed by atoms with van der Waals surface area (Å²) in [5.41, 5.74) is 11.9. The SMILES string of the molecule is Cc1cc(C)c2c(N)nc(NC3CCN(Cc4cscn4)CC3)nc2n1. The van der Waals surface area contributed by atoms with Crippen molar-refractivity contribution in [2.75, 3.05) is 24.1 Å². The third-order valence-corrected chi connectivity index (χ3v) is 5.45. The number of thiazole rings is 1. The van der Waals surface area contributed by atoms with Gasteiger partial charge in [0.05, 0.1) is 16.6 Å². The number of nitrogen functional groups attached to an aromatic ring is 1. The zero-order valence-corrected chi connectivity index (χ0v) is 15.9. The molecule has 136 valence electrons. The predicted molar refractivity (Wildman–Crippen MR) is 105 cm³/mol. The van der Waals surface area contributed by atoms with Crippen molar-refractivity contribution in [2.45, 2.75) is 39.3 Å². The molecule has 1 saturated heterocycles. The molecule has 8 heteroatoms. The molecule has 3 aromatic rings. The Hall–Kier alpha value is -2.32. The van der Waals surface area contributed by atoms with Crippen molar-refractivity contribution in [1.82, 2.24) is 24.8 Å². The molecule has 0 bridgehead atoms. The molecule has 0 aromatic carbocycles. The Kier molecular flexibility index (Phi) is 4.69. The van der Waals surface area contributed by atoms with Gasteiger partial charge >= 0.3 is 0 Å². The second-order valence-corrected chi connectivity index (χ2v) is 7.60. The summed E-state index contributed by atoms with van der Waals surface area (Å²) in [6, 6.07) is 2.36. The van der Waals surface area contributed by atoms with Crippen LogP contribution in [-0.4, -0.2) is 44.0 Å². The Morgan fingerprint density at radius 2 is 2.04 bits per heavy atom. The topological polar surface area (TPSA) is 92.8 Å². The maximum atomic E-state index is 6.17. The fourth-order valence-corrected chi connectivity index (χ4v) is 4.09. The summed E-state index contributed by atoms with van der Waals surface area (Å²) in [5.74, 6) is 1.06. The quantitative estimate of drug-likeness (QED) is 0.730. The lowest BCUT2D eigenvalue weighted by molar-refractivity contribution is 0.209. The molecule has 0 saturated carbocycles. The minimum atomic E-state index is 0.351. The number of fused-ring (bicyclic) bond motifs is 1. The van der Waals surface area contributed by atoms with Crippen LogP contribution in [0, 0.1) is 13.8 Å². The first-order valence-corrected chi connectivity index (χ1v) is 9.80. The van der Waals surface area contributed by atoms with Gasteiger partial charge in [-0.2, -0.15) is 9.97 Å². The minimum Gasteiger partial charge on any atom is -0.383 e. The van der Waals surface area contributed by atoms with Gasteiger partial charge in [0.25, 0.3) is 0 Å². The van der Waals surface area contributed by atoms with Crippen molar-refractivity contribution < 1.29 is 0 Å². The summed E-state index contributed by atoms with van der Waals surface area (Å²) in [6.07, 6.45) is 2.09. The van der Waals surface area contributed by atoms with Gasteiger partial charge < -0.3 is 11.1 Å². The molecule has 0 spiro atoms. The number of aromatic nitrogens is 4. The number of rotatable bonds is 4. The fraction of sp³-hybridized carbons (Fsp3) is 0.444. The zero-order valence-electron chi connectivity index (χ0n) is 15.1. The average molecular weight is 369 g/mol. The first kappa shape index (κ1) is 17.1. The highest BCUT2D eigenvalue weighted by Crippen LogP contribution is 2.24. The highest BCUT2D eigenvalue weighted by Gasteiger charge is 2.21. The molecule has 0 atom stereocenters. The Bertz CT molecular complexity index is 902. The van der Waals surface area contributed by atoms with Crippen LogP contribution in [-0.2, 0) is 6.54 Å². The maximum Gasteiger partial charge on any atom is 0.226 e. The molecular weight excluding hydrogens is 346 g/mol. The van der Waals surface area contributed by atoms with E-state index in [9.17, 15) is 0 Å². The van der Waals surface area contributed by atoms with Gasteiger partial charge in [-0.15, -0.1) is 11.3 Å². The van der Waals surface area contributed by atoms with Crippen LogP contribution < -0.4 is 11.1 Å². The van der Waals surface area contributed by atoms with E-state index in [-0.39, 0.29) is 0 Å². The number of hydrogen-bond donors (Lipinski definition) is 2. The van der Waals surface area contributed by atoms with Gasteiger partial charge in [-0.25, -0.2) is 9.97 Å². The fourth-order valence-electron chi connectivity index (χ4n) is 3.54. The van der Waals surface area contributed by atoms with Crippen LogP contribution >= 0.6 is 11.3 Å². The number of piperidine rings is 1. The van der Waals surface area contributed by atoms with Gasteiger partial charge in [-0.1, -0.05) is 0 Å². The van der Waals surface area contributed by atoms with E-state index in [1.165, 1.54) is 0 Å². The molecule has 0 radical (unpaired) electrons. The number of anilines is 2. The first-order valence-electron chi connectivity index (χ1n) is 8.86. The molecule has 7 nitrogen and oxygen atoms in total. The van der Waals surface area contributed by atoms with Crippen LogP contribution in [0.15, 0.2) is 17.0 Å². The summed E-state index contributed by atoms with van der Waals surface area (Å²) in [7, 11) is 0. The third-order valence-electron chi connectivity index (χ3n) is 4.81. The van der Waals surface area contributed by atoms with Gasteiger partial charge in [0.1, 0.15) is 5.82 Å². The molecule has 3 aromatic heterocycles. The normalized spacial score (nSPS) is 16.2. The van der Waals surface area contributed by atoms with Gasteiger partial charge in [0.2, 0.25) is 5.95 Å². The van der Waals surface area contributed by atoms with Crippen LogP contribution in [0.2, 0.25) is 0 Å². The lowest BCUT2D eigenvalue weighted by atomic mass is 10.1. The van der Waals surface area contributed by atoms with Crippen LogP contribution in [0.1, 0.15) is 29.8 Å². The molecule has 1 aliphatic heterocycles. The highest BCUT2D eigenvalue weighted by atomic mass is 32.1. The predicted octanol–water partition coefficient (Wildman–Crippen LogP) is 2.76. The van der Waals surface area contributed by atoms with Crippen LogP contribution in [0.5, 0.6) is 0 Å². The second-order valence-electron chi connectivity index (χ2n) is 6.89. The van der Waals surface area contributed by atoms with E-state index < -0.39 is 0 Å². The number of likely N-dealkylation sites (tertiary alicyclic amines) is 1. The molecule has 1 aliphatic rings. The number of nitrogens with zero attached hydrogens (tertiary/aromatic N) is 5. The van der Waals surface area contributed by atoms with E-state index in [1.54, 1.807) is 11.3 Å². The van der Waals surface area contributed by atoms with E-state index in [0.29, 0.717) is 23.5 Å². The number of hydrogen-bond acceptors (Lipinski definition) is 8. The summed E-state index contributed by atoms with van der Waals surface area (Å²) < 4.78 is 0. The Balaban J connectivity index is 1.43. The monoisotopic (exact) mass is 369 g/mol. The minimum absolute atomic E-state index is 0.351. The number of nitrogens with one attached hydrogen (secondary N) is 1. The standard InChI is InChI=1S/C18H23N7S/c1-11-7-12(2)21-17-15(11)16(19)23-18(24-17)22-13-3-5-25(6-4-13)8-14-9-26-10-20-14/h7,9-10,13H,3-6,8H2,1-2H3,(H3,19,21,22,23,24).